The zero-order valence-electron chi connectivity index (χ0n) is 8.76. The molecule has 0 saturated heterocycles. The van der Waals surface area contributed by atoms with Crippen molar-refractivity contribution in [3.63, 3.8) is 0 Å². The quantitative estimate of drug-likeness (QED) is 0.606. The van der Waals surface area contributed by atoms with Gasteiger partial charge in [-0.05, 0) is 20.3 Å². The summed E-state index contributed by atoms with van der Waals surface area (Å²) in [5.74, 6) is 0.0514. The number of rotatable bonds is 6. The van der Waals surface area contributed by atoms with Gasteiger partial charge in [-0.25, -0.2) is 0 Å². The zero-order valence-corrected chi connectivity index (χ0v) is 8.76. The molecule has 0 aliphatic carbocycles. The Morgan fingerprint density at radius 2 is 2.15 bits per heavy atom. The van der Waals surface area contributed by atoms with Gasteiger partial charge < -0.3 is 10.6 Å². The number of hydrogen-bond acceptors (Lipinski definition) is 2. The van der Waals surface area contributed by atoms with Crippen LogP contribution in [0.25, 0.3) is 0 Å². The van der Waals surface area contributed by atoms with E-state index in [2.05, 4.69) is 17.2 Å². The molecule has 0 fully saturated rings. The molecule has 0 aromatic rings. The number of amides is 1. The summed E-state index contributed by atoms with van der Waals surface area (Å²) in [6.45, 7) is 10.2. The maximum atomic E-state index is 11.3. The van der Waals surface area contributed by atoms with E-state index in [0.29, 0.717) is 0 Å². The topological polar surface area (TPSA) is 41.1 Å². The third-order valence-corrected chi connectivity index (χ3v) is 1.81. The van der Waals surface area contributed by atoms with Crippen molar-refractivity contribution < 1.29 is 4.79 Å². The Morgan fingerprint density at radius 1 is 1.54 bits per heavy atom. The molecule has 13 heavy (non-hydrogen) atoms. The molecule has 0 aliphatic rings. The lowest BCUT2D eigenvalue weighted by Crippen LogP contribution is -2.45. The van der Waals surface area contributed by atoms with Crippen LogP contribution in [0, 0.1) is 0 Å². The van der Waals surface area contributed by atoms with Crippen LogP contribution in [0.5, 0.6) is 0 Å². The Morgan fingerprint density at radius 3 is 2.62 bits per heavy atom. The van der Waals surface area contributed by atoms with Gasteiger partial charge in [0.1, 0.15) is 0 Å². The molecule has 2 N–H and O–H groups in total. The summed E-state index contributed by atoms with van der Waals surface area (Å²) in [4.78, 5) is 11.3. The van der Waals surface area contributed by atoms with Gasteiger partial charge in [-0.15, -0.1) is 6.58 Å². The summed E-state index contributed by atoms with van der Waals surface area (Å²) in [7, 11) is 0. The van der Waals surface area contributed by atoms with Crippen molar-refractivity contribution in [2.45, 2.75) is 39.3 Å². The van der Waals surface area contributed by atoms with Crippen LogP contribution in [0.15, 0.2) is 12.7 Å². The molecule has 2 unspecified atom stereocenters. The largest absolute Gasteiger partial charge is 0.355 e. The molecule has 0 bridgehead atoms. The van der Waals surface area contributed by atoms with E-state index in [1.54, 1.807) is 6.08 Å². The van der Waals surface area contributed by atoms with Crippen LogP contribution in [0.2, 0.25) is 0 Å². The molecule has 0 rings (SSSR count). The van der Waals surface area contributed by atoms with E-state index >= 15 is 0 Å². The summed E-state index contributed by atoms with van der Waals surface area (Å²) in [6.07, 6.45) is 2.75. The molecule has 0 aromatic carbocycles. The highest BCUT2D eigenvalue weighted by atomic mass is 16.2. The molecule has 2 atom stereocenters. The van der Waals surface area contributed by atoms with Crippen molar-refractivity contribution in [1.82, 2.24) is 10.6 Å². The van der Waals surface area contributed by atoms with Crippen molar-refractivity contribution in [1.29, 1.82) is 0 Å². The first-order chi connectivity index (χ1) is 6.11. The van der Waals surface area contributed by atoms with E-state index in [4.69, 9.17) is 0 Å². The van der Waals surface area contributed by atoms with Gasteiger partial charge in [0.25, 0.3) is 0 Å². The van der Waals surface area contributed by atoms with E-state index in [1.807, 2.05) is 20.8 Å². The molecular formula is C10H20N2O. The summed E-state index contributed by atoms with van der Waals surface area (Å²) in [5.41, 5.74) is 0. The lowest BCUT2D eigenvalue weighted by molar-refractivity contribution is -0.122. The number of carbonyl (C=O) groups excluding carboxylic acids is 1. The standard InChI is InChI=1S/C10H20N2O/c1-5-7-11-10(13)9(4)12-8(3)6-2/h6,8-9,12H,2,5,7H2,1,3-4H3,(H,11,13). The monoisotopic (exact) mass is 184 g/mol. The van der Waals surface area contributed by atoms with E-state index in [9.17, 15) is 4.79 Å². The van der Waals surface area contributed by atoms with Gasteiger partial charge in [-0.3, -0.25) is 4.79 Å². The first kappa shape index (κ1) is 12.2. The summed E-state index contributed by atoms with van der Waals surface area (Å²) in [6, 6.07) is 0.0157. The molecule has 3 heteroatoms. The Kier molecular flexibility index (Phi) is 6.24. The minimum atomic E-state index is -0.153. The molecule has 0 aliphatic heterocycles. The van der Waals surface area contributed by atoms with Crippen LogP contribution in [0.3, 0.4) is 0 Å². The predicted octanol–water partition coefficient (Wildman–Crippen LogP) is 1.07. The second-order valence-corrected chi connectivity index (χ2v) is 3.20. The summed E-state index contributed by atoms with van der Waals surface area (Å²) < 4.78 is 0. The average Bonchev–Trinajstić information content (AvgIpc) is 2.13. The van der Waals surface area contributed by atoms with Crippen LogP contribution < -0.4 is 10.6 Å². The lowest BCUT2D eigenvalue weighted by Gasteiger charge is -2.16. The lowest BCUT2D eigenvalue weighted by atomic mass is 10.2. The molecule has 0 spiro atoms. The molecule has 0 radical (unpaired) electrons. The van der Waals surface area contributed by atoms with Gasteiger partial charge >= 0.3 is 0 Å². The van der Waals surface area contributed by atoms with Gasteiger partial charge in [0, 0.05) is 12.6 Å². The number of hydrogen-bond donors (Lipinski definition) is 2. The molecule has 1 amide bonds. The predicted molar refractivity (Wildman–Crippen MR) is 55.6 cm³/mol. The van der Waals surface area contributed by atoms with Crippen molar-refractivity contribution in [3.05, 3.63) is 12.7 Å². The maximum Gasteiger partial charge on any atom is 0.236 e. The van der Waals surface area contributed by atoms with E-state index < -0.39 is 0 Å². The van der Waals surface area contributed by atoms with Crippen LogP contribution in [-0.2, 0) is 4.79 Å². The van der Waals surface area contributed by atoms with Crippen LogP contribution >= 0.6 is 0 Å². The smallest absolute Gasteiger partial charge is 0.236 e. The zero-order chi connectivity index (χ0) is 10.3. The van der Waals surface area contributed by atoms with E-state index in [1.165, 1.54) is 0 Å². The minimum absolute atomic E-state index is 0.0514. The Bertz CT molecular complexity index is 168. The normalized spacial score (nSPS) is 14.7. The first-order valence-electron chi connectivity index (χ1n) is 4.78. The van der Waals surface area contributed by atoms with Crippen LogP contribution in [0.4, 0.5) is 0 Å². The molecule has 3 nitrogen and oxygen atoms in total. The van der Waals surface area contributed by atoms with Crippen molar-refractivity contribution in [3.8, 4) is 0 Å². The number of carbonyl (C=O) groups is 1. The molecule has 0 heterocycles. The van der Waals surface area contributed by atoms with Gasteiger partial charge in [-0.2, -0.15) is 0 Å². The summed E-state index contributed by atoms with van der Waals surface area (Å²) >= 11 is 0. The van der Waals surface area contributed by atoms with Gasteiger partial charge in [0.15, 0.2) is 0 Å². The first-order valence-corrected chi connectivity index (χ1v) is 4.78. The molecule has 0 saturated carbocycles. The second kappa shape index (κ2) is 6.66. The maximum absolute atomic E-state index is 11.3. The van der Waals surface area contributed by atoms with Gasteiger partial charge in [-0.1, -0.05) is 13.0 Å². The molecule has 0 aromatic heterocycles. The number of nitrogens with one attached hydrogen (secondary N) is 2. The van der Waals surface area contributed by atoms with Gasteiger partial charge in [0.2, 0.25) is 5.91 Å². The fourth-order valence-corrected chi connectivity index (χ4v) is 0.939. The highest BCUT2D eigenvalue weighted by Crippen LogP contribution is 1.88. The van der Waals surface area contributed by atoms with E-state index in [-0.39, 0.29) is 18.0 Å². The summed E-state index contributed by atoms with van der Waals surface area (Å²) in [5, 5.41) is 5.93. The van der Waals surface area contributed by atoms with Crippen molar-refractivity contribution in [2.24, 2.45) is 0 Å². The minimum Gasteiger partial charge on any atom is -0.355 e. The molecular weight excluding hydrogens is 164 g/mol. The van der Waals surface area contributed by atoms with E-state index in [0.717, 1.165) is 13.0 Å². The highest BCUT2D eigenvalue weighted by molar-refractivity contribution is 5.81. The second-order valence-electron chi connectivity index (χ2n) is 3.20. The Balaban J connectivity index is 3.74. The highest BCUT2D eigenvalue weighted by Gasteiger charge is 2.12. The Labute approximate surface area is 80.6 Å². The van der Waals surface area contributed by atoms with Gasteiger partial charge in [0.05, 0.1) is 6.04 Å². The Hall–Kier alpha value is -0.830. The average molecular weight is 184 g/mol. The SMILES string of the molecule is C=CC(C)NC(C)C(=O)NCCC. The van der Waals surface area contributed by atoms with Crippen LogP contribution in [-0.4, -0.2) is 24.5 Å². The van der Waals surface area contributed by atoms with Crippen molar-refractivity contribution in [2.75, 3.05) is 6.54 Å². The fourth-order valence-electron chi connectivity index (χ4n) is 0.939. The third kappa shape index (κ3) is 5.42. The molecule has 76 valence electrons. The fraction of sp³-hybridized carbons (Fsp3) is 0.700. The van der Waals surface area contributed by atoms with Crippen LogP contribution in [0.1, 0.15) is 27.2 Å². The van der Waals surface area contributed by atoms with Crippen molar-refractivity contribution >= 4 is 5.91 Å². The third-order valence-electron chi connectivity index (χ3n) is 1.81.